The predicted molar refractivity (Wildman–Crippen MR) is 85.8 cm³/mol. The number of carbonyl (C=O) groups is 1. The van der Waals surface area contributed by atoms with E-state index in [9.17, 15) is 4.79 Å². The van der Waals surface area contributed by atoms with Gasteiger partial charge in [-0.25, -0.2) is 0 Å². The summed E-state index contributed by atoms with van der Waals surface area (Å²) in [4.78, 5) is 16.7. The molecule has 0 aromatic heterocycles. The molecule has 1 aromatic rings. The molecule has 0 bridgehead atoms. The van der Waals surface area contributed by atoms with Gasteiger partial charge in [-0.05, 0) is 5.56 Å². The topological polar surface area (TPSA) is 44.8 Å². The van der Waals surface area contributed by atoms with Gasteiger partial charge in [-0.15, -0.1) is 0 Å². The summed E-state index contributed by atoms with van der Waals surface area (Å²) in [5, 5.41) is 3.36. The largest absolute Gasteiger partial charge is 0.374 e. The number of rotatable bonds is 4. The van der Waals surface area contributed by atoms with Crippen LogP contribution >= 0.6 is 0 Å². The highest BCUT2D eigenvalue weighted by Crippen LogP contribution is 2.08. The average molecular weight is 303 g/mol. The van der Waals surface area contributed by atoms with Crippen LogP contribution < -0.4 is 5.32 Å². The van der Waals surface area contributed by atoms with Gasteiger partial charge in [-0.3, -0.25) is 9.69 Å². The standard InChI is InChI=1S/C17H25N3O2/c21-17(12-15-4-2-1-3-5-15)20-9-7-19(8-10-20)14-16-13-18-6-11-22-16/h1-5,16,18H,6-14H2. The smallest absolute Gasteiger partial charge is 0.227 e. The van der Waals surface area contributed by atoms with Crippen LogP contribution in [0.1, 0.15) is 5.56 Å². The fraction of sp³-hybridized carbons (Fsp3) is 0.588. The summed E-state index contributed by atoms with van der Waals surface area (Å²) in [5.74, 6) is 0.237. The Labute approximate surface area is 132 Å². The lowest BCUT2D eigenvalue weighted by Gasteiger charge is -2.37. The van der Waals surface area contributed by atoms with E-state index >= 15 is 0 Å². The van der Waals surface area contributed by atoms with Gasteiger partial charge in [-0.2, -0.15) is 0 Å². The minimum atomic E-state index is 0.237. The highest BCUT2D eigenvalue weighted by molar-refractivity contribution is 5.78. The van der Waals surface area contributed by atoms with Crippen molar-refractivity contribution < 1.29 is 9.53 Å². The van der Waals surface area contributed by atoms with Gasteiger partial charge < -0.3 is 15.0 Å². The minimum absolute atomic E-state index is 0.237. The lowest BCUT2D eigenvalue weighted by molar-refractivity contribution is -0.132. The zero-order chi connectivity index (χ0) is 15.2. The zero-order valence-corrected chi connectivity index (χ0v) is 13.0. The second kappa shape index (κ2) is 7.72. The molecule has 0 spiro atoms. The third-order valence-electron chi connectivity index (χ3n) is 4.39. The summed E-state index contributed by atoms with van der Waals surface area (Å²) in [5.41, 5.74) is 1.09. The van der Waals surface area contributed by atoms with Crippen molar-refractivity contribution >= 4 is 5.91 Å². The van der Waals surface area contributed by atoms with Gasteiger partial charge >= 0.3 is 0 Å². The van der Waals surface area contributed by atoms with E-state index in [1.54, 1.807) is 0 Å². The third kappa shape index (κ3) is 4.29. The molecule has 3 rings (SSSR count). The van der Waals surface area contributed by atoms with Crippen molar-refractivity contribution in [2.75, 3.05) is 52.4 Å². The Morgan fingerprint density at radius 1 is 1.18 bits per heavy atom. The number of nitrogens with one attached hydrogen (secondary N) is 1. The molecule has 5 heteroatoms. The number of hydrogen-bond donors (Lipinski definition) is 1. The van der Waals surface area contributed by atoms with Crippen LogP contribution in [0.4, 0.5) is 0 Å². The molecule has 1 atom stereocenters. The number of ether oxygens (including phenoxy) is 1. The Kier molecular flexibility index (Phi) is 5.43. The van der Waals surface area contributed by atoms with E-state index in [1.807, 2.05) is 35.2 Å². The molecule has 0 aliphatic carbocycles. The summed E-state index contributed by atoms with van der Waals surface area (Å²) in [6.07, 6.45) is 0.802. The van der Waals surface area contributed by atoms with E-state index in [0.29, 0.717) is 12.5 Å². The second-order valence-corrected chi connectivity index (χ2v) is 6.04. The molecule has 1 N–H and O–H groups in total. The normalized spacial score (nSPS) is 23.5. The summed E-state index contributed by atoms with van der Waals surface area (Å²) < 4.78 is 5.75. The van der Waals surface area contributed by atoms with Crippen LogP contribution in [0.2, 0.25) is 0 Å². The van der Waals surface area contributed by atoms with E-state index in [4.69, 9.17) is 4.74 Å². The molecule has 1 amide bonds. The first-order valence-electron chi connectivity index (χ1n) is 8.17. The highest BCUT2D eigenvalue weighted by atomic mass is 16.5. The van der Waals surface area contributed by atoms with Gasteiger partial charge in [0.15, 0.2) is 0 Å². The SMILES string of the molecule is O=C(Cc1ccccc1)N1CCN(CC2CNCCO2)CC1. The van der Waals surface area contributed by atoms with E-state index < -0.39 is 0 Å². The van der Waals surface area contributed by atoms with Crippen LogP contribution in [0.3, 0.4) is 0 Å². The molecule has 0 radical (unpaired) electrons. The zero-order valence-electron chi connectivity index (χ0n) is 13.0. The summed E-state index contributed by atoms with van der Waals surface area (Å²) in [6, 6.07) is 9.98. The molecule has 2 aliphatic rings. The molecule has 0 saturated carbocycles. The van der Waals surface area contributed by atoms with Crippen LogP contribution in [-0.4, -0.2) is 74.2 Å². The van der Waals surface area contributed by atoms with E-state index in [1.165, 1.54) is 0 Å². The Hall–Kier alpha value is -1.43. The number of hydrogen-bond acceptors (Lipinski definition) is 4. The third-order valence-corrected chi connectivity index (χ3v) is 4.39. The Bertz CT molecular complexity index is 466. The molecule has 2 heterocycles. The van der Waals surface area contributed by atoms with Crippen molar-refractivity contribution in [2.45, 2.75) is 12.5 Å². The first-order valence-corrected chi connectivity index (χ1v) is 8.17. The Balaban J connectivity index is 1.42. The average Bonchev–Trinajstić information content (AvgIpc) is 2.57. The number of carbonyl (C=O) groups excluding carboxylic acids is 1. The van der Waals surface area contributed by atoms with Crippen molar-refractivity contribution in [1.29, 1.82) is 0 Å². The predicted octanol–water partition coefficient (Wildman–Crippen LogP) is 0.362. The quantitative estimate of drug-likeness (QED) is 0.872. The fourth-order valence-electron chi connectivity index (χ4n) is 3.09. The number of benzene rings is 1. The molecular formula is C17H25N3O2. The van der Waals surface area contributed by atoms with Crippen LogP contribution in [0.15, 0.2) is 30.3 Å². The molecular weight excluding hydrogens is 278 g/mol. The van der Waals surface area contributed by atoms with Crippen molar-refractivity contribution in [3.63, 3.8) is 0 Å². The van der Waals surface area contributed by atoms with Gasteiger partial charge in [0.25, 0.3) is 0 Å². The summed E-state index contributed by atoms with van der Waals surface area (Å²) in [6.45, 7) is 7.21. The van der Waals surface area contributed by atoms with Crippen LogP contribution in [-0.2, 0) is 16.0 Å². The Morgan fingerprint density at radius 3 is 2.64 bits per heavy atom. The number of piperazine rings is 1. The minimum Gasteiger partial charge on any atom is -0.374 e. The van der Waals surface area contributed by atoms with E-state index in [0.717, 1.165) is 58.0 Å². The molecule has 1 aromatic carbocycles. The van der Waals surface area contributed by atoms with Crippen LogP contribution in [0.5, 0.6) is 0 Å². The summed E-state index contributed by atoms with van der Waals surface area (Å²) in [7, 11) is 0. The lowest BCUT2D eigenvalue weighted by atomic mass is 10.1. The van der Waals surface area contributed by atoms with Gasteiger partial charge in [0.1, 0.15) is 0 Å². The molecule has 120 valence electrons. The van der Waals surface area contributed by atoms with Crippen molar-refractivity contribution in [1.82, 2.24) is 15.1 Å². The van der Waals surface area contributed by atoms with E-state index in [2.05, 4.69) is 10.2 Å². The van der Waals surface area contributed by atoms with Crippen LogP contribution in [0, 0.1) is 0 Å². The molecule has 2 saturated heterocycles. The van der Waals surface area contributed by atoms with Gasteiger partial charge in [-0.1, -0.05) is 30.3 Å². The maximum absolute atomic E-state index is 12.3. The Morgan fingerprint density at radius 2 is 1.95 bits per heavy atom. The van der Waals surface area contributed by atoms with Crippen molar-refractivity contribution in [3.05, 3.63) is 35.9 Å². The molecule has 22 heavy (non-hydrogen) atoms. The monoisotopic (exact) mass is 303 g/mol. The molecule has 2 aliphatic heterocycles. The highest BCUT2D eigenvalue weighted by Gasteiger charge is 2.24. The fourth-order valence-corrected chi connectivity index (χ4v) is 3.09. The molecule has 5 nitrogen and oxygen atoms in total. The number of nitrogens with zero attached hydrogens (tertiary/aromatic N) is 2. The van der Waals surface area contributed by atoms with Crippen molar-refractivity contribution in [2.24, 2.45) is 0 Å². The maximum atomic E-state index is 12.3. The van der Waals surface area contributed by atoms with E-state index in [-0.39, 0.29) is 5.91 Å². The second-order valence-electron chi connectivity index (χ2n) is 6.04. The molecule has 2 fully saturated rings. The lowest BCUT2D eigenvalue weighted by Crippen LogP contribution is -2.53. The van der Waals surface area contributed by atoms with Gasteiger partial charge in [0.2, 0.25) is 5.91 Å². The van der Waals surface area contributed by atoms with Gasteiger partial charge in [0.05, 0.1) is 19.1 Å². The number of amides is 1. The number of morpholine rings is 1. The van der Waals surface area contributed by atoms with Crippen LogP contribution in [0.25, 0.3) is 0 Å². The first kappa shape index (κ1) is 15.5. The maximum Gasteiger partial charge on any atom is 0.227 e. The van der Waals surface area contributed by atoms with Crippen molar-refractivity contribution in [3.8, 4) is 0 Å². The summed E-state index contributed by atoms with van der Waals surface area (Å²) >= 11 is 0. The molecule has 1 unspecified atom stereocenters. The van der Waals surface area contributed by atoms with Gasteiger partial charge in [0, 0.05) is 45.8 Å². The first-order chi connectivity index (χ1) is 10.8.